The lowest BCUT2D eigenvalue weighted by Gasteiger charge is -2.30. The van der Waals surface area contributed by atoms with E-state index in [9.17, 15) is 4.39 Å². The molecule has 0 saturated heterocycles. The van der Waals surface area contributed by atoms with Gasteiger partial charge in [-0.05, 0) is 80.8 Å². The summed E-state index contributed by atoms with van der Waals surface area (Å²) < 4.78 is 20.6. The summed E-state index contributed by atoms with van der Waals surface area (Å²) in [5, 5.41) is 8.87. The number of alkyl halides is 1. The van der Waals surface area contributed by atoms with Gasteiger partial charge in [-0.25, -0.2) is 0 Å². The molecule has 5 nitrogen and oxygen atoms in total. The lowest BCUT2D eigenvalue weighted by atomic mass is 9.76. The average molecular weight is 596 g/mol. The maximum atomic E-state index is 9.50. The summed E-state index contributed by atoms with van der Waals surface area (Å²) in [6, 6.07) is 21.8. The molecule has 0 aromatic heterocycles. The van der Waals surface area contributed by atoms with Crippen molar-refractivity contribution in [3.8, 4) is 5.75 Å². The van der Waals surface area contributed by atoms with E-state index in [-0.39, 0.29) is 18.0 Å². The summed E-state index contributed by atoms with van der Waals surface area (Å²) in [5.74, 6) is 0.934. The van der Waals surface area contributed by atoms with E-state index in [0.717, 1.165) is 46.2 Å². The molecule has 1 aliphatic rings. The molecule has 3 aromatic carbocycles. The van der Waals surface area contributed by atoms with Crippen LogP contribution in [0.15, 0.2) is 83.5 Å². The Morgan fingerprint density at radius 3 is 2.31 bits per heavy atom. The summed E-state index contributed by atoms with van der Waals surface area (Å²) in [5.41, 5.74) is 6.15. The Balaban J connectivity index is 0.00000138. The Morgan fingerprint density at radius 1 is 1.02 bits per heavy atom. The summed E-state index contributed by atoms with van der Waals surface area (Å²) in [6.45, 7) is 15.4. The van der Waals surface area contributed by atoms with Crippen molar-refractivity contribution in [2.24, 2.45) is 4.99 Å². The number of anilines is 1. The topological polar surface area (TPSA) is 57.9 Å². The van der Waals surface area contributed by atoms with Gasteiger partial charge in [-0.2, -0.15) is 0 Å². The number of nitrogens with zero attached hydrogens (tertiary/aromatic N) is 2. The lowest BCUT2D eigenvalue weighted by Crippen LogP contribution is -2.31. The Bertz CT molecular complexity index is 1310. The number of allylic oxidation sites excluding steroid dienone is 2. The minimum atomic E-state index is -0.346. The van der Waals surface area contributed by atoms with Crippen molar-refractivity contribution >= 4 is 29.4 Å². The van der Waals surface area contributed by atoms with Gasteiger partial charge in [-0.1, -0.05) is 75.2 Å². The number of nitrogens with one attached hydrogen (secondary N) is 1. The fourth-order valence-corrected chi connectivity index (χ4v) is 5.03. The minimum Gasteiger partial charge on any atom is -0.497 e. The molecular formula is C35H47ClFN3O2. The van der Waals surface area contributed by atoms with Gasteiger partial charge in [0.1, 0.15) is 5.75 Å². The molecule has 1 N–H and O–H groups in total. The van der Waals surface area contributed by atoms with E-state index in [4.69, 9.17) is 26.5 Å². The number of halogens is 2. The zero-order valence-electron chi connectivity index (χ0n) is 26.6. The summed E-state index contributed by atoms with van der Waals surface area (Å²) in [4.78, 5) is 6.74. The number of fused-ring (bicyclic) bond motifs is 1. The second-order valence-electron chi connectivity index (χ2n) is 9.08. The van der Waals surface area contributed by atoms with Crippen molar-refractivity contribution in [2.75, 3.05) is 32.5 Å². The van der Waals surface area contributed by atoms with E-state index >= 15 is 0 Å². The fourth-order valence-electron chi connectivity index (χ4n) is 4.85. The molecule has 0 saturated carbocycles. The van der Waals surface area contributed by atoms with Crippen LogP contribution in [0.3, 0.4) is 0 Å². The van der Waals surface area contributed by atoms with E-state index in [1.165, 1.54) is 11.1 Å². The number of benzene rings is 3. The standard InChI is InChI=1S/C30H32ClN3O2.2C2H6.CH3F/c1-5-34-27-14-12-24(35-4)18-25(27)30(3,19-23-17-21(2)11-13-26(23)31)28(34)15-16-33-20-36-29(32)22-9-7-6-8-10-22;3*1-2/h6-18,32H,5,19-20H2,1-4H3;2*1-2H3;1H3/b28-15-,32-29?,33-16-;;;. The largest absolute Gasteiger partial charge is 0.497 e. The molecule has 42 heavy (non-hydrogen) atoms. The number of rotatable bonds is 8. The van der Waals surface area contributed by atoms with Gasteiger partial charge in [-0.15, -0.1) is 0 Å². The van der Waals surface area contributed by atoms with Gasteiger partial charge in [-0.3, -0.25) is 14.8 Å². The van der Waals surface area contributed by atoms with Crippen LogP contribution in [0.25, 0.3) is 0 Å². The zero-order chi connectivity index (χ0) is 31.7. The fraction of sp³-hybridized carbons (Fsp3) is 0.371. The normalized spacial score (nSPS) is 15.9. The van der Waals surface area contributed by atoms with Crippen LogP contribution in [0.1, 0.15) is 63.8 Å². The van der Waals surface area contributed by atoms with Gasteiger partial charge in [0, 0.05) is 40.1 Å². The van der Waals surface area contributed by atoms with Gasteiger partial charge >= 0.3 is 0 Å². The minimum absolute atomic E-state index is 0.0742. The predicted octanol–water partition coefficient (Wildman–Crippen LogP) is 9.59. The highest BCUT2D eigenvalue weighted by atomic mass is 35.5. The predicted molar refractivity (Wildman–Crippen MR) is 179 cm³/mol. The molecule has 1 heterocycles. The summed E-state index contributed by atoms with van der Waals surface area (Å²) in [6.07, 6.45) is 4.56. The Kier molecular flexibility index (Phi) is 16.2. The van der Waals surface area contributed by atoms with Crippen LogP contribution < -0.4 is 9.64 Å². The van der Waals surface area contributed by atoms with Gasteiger partial charge < -0.3 is 14.4 Å². The first kappa shape index (κ1) is 36.4. The van der Waals surface area contributed by atoms with Crippen LogP contribution in [-0.4, -0.2) is 39.7 Å². The van der Waals surface area contributed by atoms with Crippen LogP contribution in [0.5, 0.6) is 5.75 Å². The number of ether oxygens (including phenoxy) is 2. The molecule has 3 aromatic rings. The van der Waals surface area contributed by atoms with E-state index in [0.29, 0.717) is 7.18 Å². The second-order valence-corrected chi connectivity index (χ2v) is 9.49. The monoisotopic (exact) mass is 595 g/mol. The van der Waals surface area contributed by atoms with Crippen molar-refractivity contribution in [2.45, 2.75) is 60.3 Å². The van der Waals surface area contributed by atoms with Crippen molar-refractivity contribution < 1.29 is 13.9 Å². The SMILES string of the molecule is CC.CC.CCN1/C(=C\C=N/COC(=N)c2ccccc2)C(C)(Cc2cc(C)ccc2Cl)c2cc(OC)ccc21.CF. The number of methoxy groups -OCH3 is 1. The van der Waals surface area contributed by atoms with E-state index in [1.807, 2.05) is 76.2 Å². The molecule has 7 heteroatoms. The molecule has 1 atom stereocenters. The van der Waals surface area contributed by atoms with E-state index in [1.54, 1.807) is 13.3 Å². The zero-order valence-corrected chi connectivity index (χ0v) is 27.3. The molecular weight excluding hydrogens is 549 g/mol. The number of hydrogen-bond acceptors (Lipinski definition) is 5. The highest BCUT2D eigenvalue weighted by molar-refractivity contribution is 6.31. The highest BCUT2D eigenvalue weighted by Crippen LogP contribution is 2.51. The average Bonchev–Trinajstić information content (AvgIpc) is 3.27. The van der Waals surface area contributed by atoms with E-state index in [2.05, 4.69) is 54.9 Å². The Hall–Kier alpha value is -3.64. The Labute approximate surface area is 257 Å². The molecule has 1 unspecified atom stereocenters. The molecule has 228 valence electrons. The molecule has 0 amide bonds. The van der Waals surface area contributed by atoms with Crippen LogP contribution in [0.4, 0.5) is 10.1 Å². The number of likely N-dealkylation sites (N-methyl/N-ethyl adjacent to an activating group) is 1. The summed E-state index contributed by atoms with van der Waals surface area (Å²) in [7, 11) is 2.19. The van der Waals surface area contributed by atoms with E-state index < -0.39 is 0 Å². The maximum Gasteiger partial charge on any atom is 0.215 e. The van der Waals surface area contributed by atoms with Gasteiger partial charge in [0.25, 0.3) is 0 Å². The summed E-state index contributed by atoms with van der Waals surface area (Å²) >= 11 is 6.65. The first-order chi connectivity index (χ1) is 20.4. The van der Waals surface area contributed by atoms with Crippen LogP contribution in [0, 0.1) is 12.3 Å². The smallest absolute Gasteiger partial charge is 0.215 e. The van der Waals surface area contributed by atoms with Crippen molar-refractivity contribution in [3.63, 3.8) is 0 Å². The van der Waals surface area contributed by atoms with Gasteiger partial charge in [0.2, 0.25) is 5.90 Å². The second kappa shape index (κ2) is 18.7. The first-order valence-corrected chi connectivity index (χ1v) is 14.8. The molecule has 4 rings (SSSR count). The van der Waals surface area contributed by atoms with Crippen LogP contribution in [0.2, 0.25) is 5.02 Å². The quantitative estimate of drug-likeness (QED) is 0.208. The third-order valence-electron chi connectivity index (χ3n) is 6.66. The third-order valence-corrected chi connectivity index (χ3v) is 7.03. The molecule has 0 spiro atoms. The van der Waals surface area contributed by atoms with Crippen LogP contribution >= 0.6 is 11.6 Å². The highest BCUT2D eigenvalue weighted by Gasteiger charge is 2.43. The molecule has 0 bridgehead atoms. The Morgan fingerprint density at radius 2 is 1.69 bits per heavy atom. The lowest BCUT2D eigenvalue weighted by molar-refractivity contribution is 0.317. The molecule has 0 radical (unpaired) electrons. The van der Waals surface area contributed by atoms with Gasteiger partial charge in [0.15, 0.2) is 6.73 Å². The third kappa shape index (κ3) is 8.93. The van der Waals surface area contributed by atoms with Crippen molar-refractivity contribution in [1.82, 2.24) is 0 Å². The molecule has 0 aliphatic carbocycles. The maximum absolute atomic E-state index is 9.50. The molecule has 0 fully saturated rings. The number of aliphatic imine (C=N–C) groups is 1. The van der Waals surface area contributed by atoms with Gasteiger partial charge in [0.05, 0.1) is 14.3 Å². The number of hydrogen-bond donors (Lipinski definition) is 1. The van der Waals surface area contributed by atoms with Crippen molar-refractivity contribution in [3.05, 3.63) is 106 Å². The van der Waals surface area contributed by atoms with Crippen molar-refractivity contribution in [1.29, 1.82) is 5.41 Å². The number of aryl methyl sites for hydroxylation is 1. The first-order valence-electron chi connectivity index (χ1n) is 14.4. The van der Waals surface area contributed by atoms with Crippen LogP contribution in [-0.2, 0) is 16.6 Å². The molecule has 1 aliphatic heterocycles.